The maximum atomic E-state index is 12.3. The van der Waals surface area contributed by atoms with Crippen LogP contribution in [0.3, 0.4) is 0 Å². The SMILES string of the molecule is O=C(NO)c1ccc(C(=O)N/N=C/c2cccc(OCCCCCCCCCCCCOc3cccc(/C=N/NC(=O)c4ccc(C(=O)NO)cc4)c3)c2)cc1. The van der Waals surface area contributed by atoms with E-state index in [1.165, 1.54) is 99.5 Å². The van der Waals surface area contributed by atoms with Crippen LogP contribution < -0.4 is 31.3 Å². The highest BCUT2D eigenvalue weighted by atomic mass is 16.5. The van der Waals surface area contributed by atoms with Crippen molar-refractivity contribution in [1.29, 1.82) is 0 Å². The number of hydrogen-bond donors (Lipinski definition) is 6. The van der Waals surface area contributed by atoms with Crippen molar-refractivity contribution in [2.75, 3.05) is 13.2 Å². The number of hydrogen-bond acceptors (Lipinski definition) is 10. The summed E-state index contributed by atoms with van der Waals surface area (Å²) in [6.07, 6.45) is 14.5. The molecule has 4 aromatic rings. The van der Waals surface area contributed by atoms with Crippen LogP contribution in [0.1, 0.15) is 117 Å². The fourth-order valence-corrected chi connectivity index (χ4v) is 5.50. The van der Waals surface area contributed by atoms with E-state index in [4.69, 9.17) is 19.9 Å². The van der Waals surface area contributed by atoms with Crippen LogP contribution in [0, 0.1) is 0 Å². The molecule has 0 fully saturated rings. The molecular weight excluding hydrogens is 716 g/mol. The first-order chi connectivity index (χ1) is 27.4. The maximum Gasteiger partial charge on any atom is 0.274 e. The van der Waals surface area contributed by atoms with Gasteiger partial charge in [-0.05, 0) is 96.8 Å². The summed E-state index contributed by atoms with van der Waals surface area (Å²) in [6, 6.07) is 26.6. The van der Waals surface area contributed by atoms with Gasteiger partial charge in [-0.1, -0.05) is 75.6 Å². The van der Waals surface area contributed by atoms with Crippen molar-refractivity contribution in [1.82, 2.24) is 21.8 Å². The Hall–Kier alpha value is -6.38. The summed E-state index contributed by atoms with van der Waals surface area (Å²) >= 11 is 0. The average Bonchev–Trinajstić information content (AvgIpc) is 3.23. The summed E-state index contributed by atoms with van der Waals surface area (Å²) < 4.78 is 11.8. The van der Waals surface area contributed by atoms with Crippen LogP contribution in [0.25, 0.3) is 0 Å². The van der Waals surface area contributed by atoms with Crippen LogP contribution in [0.4, 0.5) is 0 Å². The van der Waals surface area contributed by atoms with E-state index in [-0.39, 0.29) is 11.1 Å². The summed E-state index contributed by atoms with van der Waals surface area (Å²) in [5.41, 5.74) is 10.7. The van der Waals surface area contributed by atoms with Crippen molar-refractivity contribution in [3.8, 4) is 11.5 Å². The second-order valence-corrected chi connectivity index (χ2v) is 12.8. The lowest BCUT2D eigenvalue weighted by atomic mass is 10.1. The van der Waals surface area contributed by atoms with Gasteiger partial charge in [-0.3, -0.25) is 29.6 Å². The number of nitrogens with zero attached hydrogens (tertiary/aromatic N) is 2. The van der Waals surface area contributed by atoms with Crippen molar-refractivity contribution in [3.05, 3.63) is 130 Å². The summed E-state index contributed by atoms with van der Waals surface area (Å²) in [5.74, 6) is -0.690. The Morgan fingerprint density at radius 2 is 0.786 bits per heavy atom. The molecule has 4 amide bonds. The van der Waals surface area contributed by atoms with Gasteiger partial charge in [0.15, 0.2) is 0 Å². The summed E-state index contributed by atoms with van der Waals surface area (Å²) in [5, 5.41) is 25.4. The standard InChI is InChI=1S/C42H48N6O8/c49-39(33-17-21-35(22-18-33)41(51)47-53)45-43-29-31-13-11-15-37(27-31)55-25-9-7-5-3-1-2-4-6-8-10-26-56-38-16-12-14-32(28-38)30-44-46-40(50)34-19-23-36(24-20-34)42(52)48-54/h11-24,27-30,53-54H,1-10,25-26H2,(H,45,49)(H,46,50)(H,47,51)(H,48,52)/b43-29+,44-30+. The lowest BCUT2D eigenvalue weighted by molar-refractivity contribution is 0.0702. The molecule has 0 aromatic heterocycles. The van der Waals surface area contributed by atoms with Gasteiger partial charge in [0, 0.05) is 22.3 Å². The Labute approximate surface area is 325 Å². The zero-order valence-electron chi connectivity index (χ0n) is 31.1. The predicted molar refractivity (Wildman–Crippen MR) is 212 cm³/mol. The van der Waals surface area contributed by atoms with Gasteiger partial charge in [0.1, 0.15) is 11.5 Å². The Morgan fingerprint density at radius 1 is 0.464 bits per heavy atom. The zero-order chi connectivity index (χ0) is 39.8. The van der Waals surface area contributed by atoms with Gasteiger partial charge in [0.05, 0.1) is 25.6 Å². The molecule has 0 unspecified atom stereocenters. The Balaban J connectivity index is 0.978. The second kappa shape index (κ2) is 24.1. The molecule has 294 valence electrons. The van der Waals surface area contributed by atoms with E-state index < -0.39 is 23.6 Å². The molecule has 0 saturated heterocycles. The molecule has 4 rings (SSSR count). The van der Waals surface area contributed by atoms with Crippen LogP contribution >= 0.6 is 0 Å². The van der Waals surface area contributed by atoms with Crippen LogP contribution in [-0.2, 0) is 0 Å². The molecule has 0 spiro atoms. The predicted octanol–water partition coefficient (Wildman–Crippen LogP) is 6.81. The van der Waals surface area contributed by atoms with E-state index in [1.54, 1.807) is 11.0 Å². The zero-order valence-corrected chi connectivity index (χ0v) is 31.1. The molecule has 14 nitrogen and oxygen atoms in total. The van der Waals surface area contributed by atoms with Crippen LogP contribution in [0.5, 0.6) is 11.5 Å². The van der Waals surface area contributed by atoms with Crippen molar-refractivity contribution < 1.29 is 39.1 Å². The number of unbranched alkanes of at least 4 members (excludes halogenated alkanes) is 9. The first-order valence-corrected chi connectivity index (χ1v) is 18.6. The maximum absolute atomic E-state index is 12.3. The lowest BCUT2D eigenvalue weighted by Gasteiger charge is -2.07. The van der Waals surface area contributed by atoms with E-state index in [2.05, 4.69) is 21.1 Å². The third-order valence-electron chi connectivity index (χ3n) is 8.57. The van der Waals surface area contributed by atoms with Crippen LogP contribution in [0.15, 0.2) is 107 Å². The monoisotopic (exact) mass is 764 g/mol. The van der Waals surface area contributed by atoms with Gasteiger partial charge < -0.3 is 9.47 Å². The average molecular weight is 765 g/mol. The number of rotatable bonds is 23. The van der Waals surface area contributed by atoms with Crippen molar-refractivity contribution in [3.63, 3.8) is 0 Å². The van der Waals surface area contributed by atoms with Crippen molar-refractivity contribution in [2.45, 2.75) is 64.2 Å². The molecule has 0 aliphatic rings. The molecular formula is C42H48N6O8. The highest BCUT2D eigenvalue weighted by Crippen LogP contribution is 2.16. The summed E-state index contributed by atoms with van der Waals surface area (Å²) in [7, 11) is 0. The number of benzene rings is 4. The van der Waals surface area contributed by atoms with Gasteiger partial charge in [-0.2, -0.15) is 10.2 Å². The summed E-state index contributed by atoms with van der Waals surface area (Å²) in [4.78, 5) is 47.4. The van der Waals surface area contributed by atoms with Gasteiger partial charge in [0.2, 0.25) is 0 Å². The number of nitrogens with one attached hydrogen (secondary N) is 4. The quantitative estimate of drug-likeness (QED) is 0.0205. The number of hydroxylamine groups is 2. The highest BCUT2D eigenvalue weighted by Gasteiger charge is 2.09. The largest absolute Gasteiger partial charge is 0.494 e. The topological polar surface area (TPSA) is 200 Å². The van der Waals surface area contributed by atoms with Gasteiger partial charge in [-0.25, -0.2) is 21.8 Å². The van der Waals surface area contributed by atoms with Gasteiger partial charge >= 0.3 is 0 Å². The number of carbonyl (C=O) groups is 4. The smallest absolute Gasteiger partial charge is 0.274 e. The van der Waals surface area contributed by atoms with E-state index >= 15 is 0 Å². The molecule has 0 aliphatic carbocycles. The molecule has 0 radical (unpaired) electrons. The number of amides is 4. The highest BCUT2D eigenvalue weighted by molar-refractivity contribution is 5.98. The van der Waals surface area contributed by atoms with Crippen LogP contribution in [-0.4, -0.2) is 59.7 Å². The van der Waals surface area contributed by atoms with E-state index in [9.17, 15) is 19.2 Å². The van der Waals surface area contributed by atoms with Gasteiger partial charge in [0.25, 0.3) is 23.6 Å². The van der Waals surface area contributed by atoms with E-state index in [0.717, 1.165) is 48.3 Å². The molecule has 56 heavy (non-hydrogen) atoms. The minimum Gasteiger partial charge on any atom is -0.494 e. The first kappa shape index (κ1) is 42.4. The summed E-state index contributed by atoms with van der Waals surface area (Å²) in [6.45, 7) is 1.26. The molecule has 0 saturated carbocycles. The van der Waals surface area contributed by atoms with Crippen LogP contribution in [0.2, 0.25) is 0 Å². The van der Waals surface area contributed by atoms with Gasteiger partial charge in [-0.15, -0.1) is 0 Å². The number of hydrazone groups is 2. The van der Waals surface area contributed by atoms with E-state index in [0.29, 0.717) is 24.3 Å². The molecule has 4 aromatic carbocycles. The molecule has 0 atom stereocenters. The third-order valence-corrected chi connectivity index (χ3v) is 8.57. The fourth-order valence-electron chi connectivity index (χ4n) is 5.50. The Bertz CT molecular complexity index is 1780. The molecule has 0 bridgehead atoms. The third kappa shape index (κ3) is 15.2. The molecule has 0 heterocycles. The van der Waals surface area contributed by atoms with E-state index in [1.807, 2.05) is 48.5 Å². The van der Waals surface area contributed by atoms with Crippen molar-refractivity contribution in [2.24, 2.45) is 10.2 Å². The lowest BCUT2D eigenvalue weighted by Crippen LogP contribution is -2.20. The first-order valence-electron chi connectivity index (χ1n) is 18.6. The molecule has 14 heteroatoms. The minimum atomic E-state index is -0.657. The molecule has 6 N–H and O–H groups in total. The molecule has 0 aliphatic heterocycles. The normalized spacial score (nSPS) is 11.0. The minimum absolute atomic E-state index is 0.228. The number of carbonyl (C=O) groups excluding carboxylic acids is 4. The fraction of sp³-hybridized carbons (Fsp3) is 0.286. The second-order valence-electron chi connectivity index (χ2n) is 12.8. The Morgan fingerprint density at radius 3 is 1.12 bits per heavy atom. The van der Waals surface area contributed by atoms with Crippen molar-refractivity contribution >= 4 is 36.1 Å². The number of ether oxygens (including phenoxy) is 2. The Kier molecular flexibility index (Phi) is 18.2.